The molecule has 0 saturated carbocycles. The maximum Gasteiger partial charge on any atom is 0.185 e. The number of halogens is 1. The molecule has 1 aromatic heterocycles. The summed E-state index contributed by atoms with van der Waals surface area (Å²) in [7, 11) is 0. The van der Waals surface area contributed by atoms with E-state index in [0.29, 0.717) is 12.2 Å². The predicted molar refractivity (Wildman–Crippen MR) is 76.5 cm³/mol. The third kappa shape index (κ3) is 2.95. The first kappa shape index (κ1) is 14.4. The van der Waals surface area contributed by atoms with Gasteiger partial charge in [-0.1, -0.05) is 13.0 Å². The van der Waals surface area contributed by atoms with Gasteiger partial charge in [0.1, 0.15) is 11.5 Å². The Hall–Kier alpha value is -1.97. The Labute approximate surface area is 118 Å². The molecule has 106 valence electrons. The molecule has 4 heteroatoms. The molecular formula is C16H19FN2O. The van der Waals surface area contributed by atoms with E-state index in [2.05, 4.69) is 5.10 Å². The van der Waals surface area contributed by atoms with Gasteiger partial charge in [0, 0.05) is 13.0 Å². The van der Waals surface area contributed by atoms with Crippen molar-refractivity contribution >= 4 is 5.78 Å². The third-order valence-electron chi connectivity index (χ3n) is 3.43. The van der Waals surface area contributed by atoms with Crippen molar-refractivity contribution in [1.82, 2.24) is 9.78 Å². The highest BCUT2D eigenvalue weighted by Gasteiger charge is 2.15. The van der Waals surface area contributed by atoms with Crippen molar-refractivity contribution < 1.29 is 9.18 Å². The number of carbonyl (C=O) groups excluding carboxylic acids is 1. The number of carbonyl (C=O) groups is 1. The number of nitrogens with zero attached hydrogens (tertiary/aromatic N) is 2. The summed E-state index contributed by atoms with van der Waals surface area (Å²) in [5.74, 6) is -0.251. The molecule has 0 fully saturated rings. The summed E-state index contributed by atoms with van der Waals surface area (Å²) < 4.78 is 14.8. The van der Waals surface area contributed by atoms with Crippen LogP contribution in [0, 0.1) is 12.7 Å². The molecule has 0 saturated heterocycles. The van der Waals surface area contributed by atoms with E-state index >= 15 is 0 Å². The van der Waals surface area contributed by atoms with Crippen molar-refractivity contribution in [3.05, 3.63) is 52.6 Å². The molecule has 0 bridgehead atoms. The SMILES string of the molecule is CCc1cc(C(=O)Cc2ccc(F)cc2C)n(CC)n1. The smallest absolute Gasteiger partial charge is 0.185 e. The Morgan fingerprint density at radius 2 is 2.05 bits per heavy atom. The molecule has 0 unspecified atom stereocenters. The summed E-state index contributed by atoms with van der Waals surface area (Å²) in [6.07, 6.45) is 1.09. The minimum atomic E-state index is -0.273. The van der Waals surface area contributed by atoms with Gasteiger partial charge < -0.3 is 0 Å². The second-order valence-electron chi connectivity index (χ2n) is 4.86. The number of hydrogen-bond donors (Lipinski definition) is 0. The van der Waals surface area contributed by atoms with Gasteiger partial charge in [0.2, 0.25) is 0 Å². The highest BCUT2D eigenvalue weighted by atomic mass is 19.1. The first-order valence-electron chi connectivity index (χ1n) is 6.90. The molecule has 1 heterocycles. The number of benzene rings is 1. The van der Waals surface area contributed by atoms with Gasteiger partial charge in [-0.25, -0.2) is 4.39 Å². The zero-order valence-corrected chi connectivity index (χ0v) is 12.1. The largest absolute Gasteiger partial charge is 0.292 e. The molecule has 0 radical (unpaired) electrons. The van der Waals surface area contributed by atoms with E-state index in [4.69, 9.17) is 0 Å². The summed E-state index contributed by atoms with van der Waals surface area (Å²) in [5.41, 5.74) is 3.22. The molecule has 1 aromatic carbocycles. The monoisotopic (exact) mass is 274 g/mol. The average molecular weight is 274 g/mol. The summed E-state index contributed by atoms with van der Waals surface area (Å²) in [5, 5.41) is 4.38. The lowest BCUT2D eigenvalue weighted by Crippen LogP contribution is -2.12. The minimum absolute atomic E-state index is 0.0220. The standard InChI is InChI=1S/C16H19FN2O/c1-4-14-10-15(19(5-2)18-14)16(20)9-12-6-7-13(17)8-11(12)3/h6-8,10H,4-5,9H2,1-3H3. The van der Waals surface area contributed by atoms with Crippen LogP contribution in [0.5, 0.6) is 0 Å². The molecule has 0 aliphatic carbocycles. The number of hydrogen-bond acceptors (Lipinski definition) is 2. The second kappa shape index (κ2) is 5.99. The fourth-order valence-corrected chi connectivity index (χ4v) is 2.23. The van der Waals surface area contributed by atoms with Crippen LogP contribution in [0.4, 0.5) is 4.39 Å². The summed E-state index contributed by atoms with van der Waals surface area (Å²) in [4.78, 5) is 12.4. The minimum Gasteiger partial charge on any atom is -0.292 e. The predicted octanol–water partition coefficient (Wildman–Crippen LogP) is 3.34. The van der Waals surface area contributed by atoms with Gasteiger partial charge in [0.15, 0.2) is 5.78 Å². The van der Waals surface area contributed by atoms with E-state index < -0.39 is 0 Å². The van der Waals surface area contributed by atoms with Crippen LogP contribution < -0.4 is 0 Å². The summed E-state index contributed by atoms with van der Waals surface area (Å²) >= 11 is 0. The van der Waals surface area contributed by atoms with E-state index in [0.717, 1.165) is 23.2 Å². The van der Waals surface area contributed by atoms with Crippen molar-refractivity contribution in [2.75, 3.05) is 0 Å². The molecule has 0 N–H and O–H groups in total. The van der Waals surface area contributed by atoms with Crippen LogP contribution in [0.1, 0.15) is 41.2 Å². The lowest BCUT2D eigenvalue weighted by atomic mass is 10.0. The Balaban J connectivity index is 2.25. The average Bonchev–Trinajstić information content (AvgIpc) is 2.85. The van der Waals surface area contributed by atoms with Crippen molar-refractivity contribution in [2.45, 2.75) is 40.2 Å². The van der Waals surface area contributed by atoms with E-state index in [-0.39, 0.29) is 18.0 Å². The van der Waals surface area contributed by atoms with Crippen LogP contribution in [0.2, 0.25) is 0 Å². The van der Waals surface area contributed by atoms with Gasteiger partial charge >= 0.3 is 0 Å². The van der Waals surface area contributed by atoms with E-state index in [9.17, 15) is 9.18 Å². The van der Waals surface area contributed by atoms with Gasteiger partial charge in [-0.3, -0.25) is 9.48 Å². The van der Waals surface area contributed by atoms with E-state index in [1.54, 1.807) is 10.7 Å². The number of aromatic nitrogens is 2. The highest BCUT2D eigenvalue weighted by molar-refractivity contribution is 5.96. The van der Waals surface area contributed by atoms with Crippen LogP contribution in [-0.2, 0) is 19.4 Å². The summed E-state index contributed by atoms with van der Waals surface area (Å²) in [6.45, 7) is 6.47. The first-order chi connectivity index (χ1) is 9.55. The quantitative estimate of drug-likeness (QED) is 0.784. The molecule has 0 spiro atoms. The maximum atomic E-state index is 13.1. The molecule has 2 rings (SSSR count). The Bertz CT molecular complexity index is 631. The van der Waals surface area contributed by atoms with Crippen LogP contribution in [0.25, 0.3) is 0 Å². The summed E-state index contributed by atoms with van der Waals surface area (Å²) in [6, 6.07) is 6.38. The first-order valence-corrected chi connectivity index (χ1v) is 6.90. The number of rotatable bonds is 5. The molecule has 0 aliphatic rings. The van der Waals surface area contributed by atoms with Crippen LogP contribution in [0.15, 0.2) is 24.3 Å². The molecule has 3 nitrogen and oxygen atoms in total. The second-order valence-corrected chi connectivity index (χ2v) is 4.86. The number of Topliss-reactive ketones (excluding diaryl/α,β-unsaturated/α-hetero) is 1. The van der Waals surface area contributed by atoms with Crippen molar-refractivity contribution in [1.29, 1.82) is 0 Å². The van der Waals surface area contributed by atoms with Gasteiger partial charge in [-0.15, -0.1) is 0 Å². The highest BCUT2D eigenvalue weighted by Crippen LogP contribution is 2.15. The maximum absolute atomic E-state index is 13.1. The number of ketones is 1. The van der Waals surface area contributed by atoms with E-state index in [1.165, 1.54) is 12.1 Å². The van der Waals surface area contributed by atoms with Crippen molar-refractivity contribution in [2.24, 2.45) is 0 Å². The van der Waals surface area contributed by atoms with E-state index in [1.807, 2.05) is 26.8 Å². The third-order valence-corrected chi connectivity index (χ3v) is 3.43. The van der Waals surface area contributed by atoms with Gasteiger partial charge in [0.25, 0.3) is 0 Å². The lowest BCUT2D eigenvalue weighted by Gasteiger charge is -2.06. The molecule has 0 aliphatic heterocycles. The van der Waals surface area contributed by atoms with Crippen molar-refractivity contribution in [3.63, 3.8) is 0 Å². The molecule has 0 amide bonds. The van der Waals surface area contributed by atoms with Gasteiger partial charge in [-0.05, 0) is 49.6 Å². The van der Waals surface area contributed by atoms with Crippen LogP contribution in [-0.4, -0.2) is 15.6 Å². The number of aryl methyl sites for hydroxylation is 3. The fraction of sp³-hybridized carbons (Fsp3) is 0.375. The normalized spacial score (nSPS) is 10.8. The molecular weight excluding hydrogens is 255 g/mol. The van der Waals surface area contributed by atoms with Crippen molar-refractivity contribution in [3.8, 4) is 0 Å². The Morgan fingerprint density at radius 1 is 1.30 bits per heavy atom. The zero-order valence-electron chi connectivity index (χ0n) is 12.1. The topological polar surface area (TPSA) is 34.9 Å². The van der Waals surface area contributed by atoms with Crippen LogP contribution in [0.3, 0.4) is 0 Å². The zero-order chi connectivity index (χ0) is 14.7. The molecule has 0 atom stereocenters. The Morgan fingerprint density at radius 3 is 2.65 bits per heavy atom. The fourth-order valence-electron chi connectivity index (χ4n) is 2.23. The molecule has 20 heavy (non-hydrogen) atoms. The van der Waals surface area contributed by atoms with Gasteiger partial charge in [-0.2, -0.15) is 5.10 Å². The lowest BCUT2D eigenvalue weighted by molar-refractivity contribution is 0.0982. The Kier molecular flexibility index (Phi) is 4.32. The molecule has 2 aromatic rings. The van der Waals surface area contributed by atoms with Crippen LogP contribution >= 0.6 is 0 Å². The van der Waals surface area contributed by atoms with Gasteiger partial charge in [0.05, 0.1) is 5.69 Å².